The molecule has 4 rings (SSSR count). The Kier molecular flexibility index (Phi) is 6.96. The molecule has 0 saturated carbocycles. The van der Waals surface area contributed by atoms with Crippen LogP contribution in [0.3, 0.4) is 0 Å². The number of aliphatic hydroxyl groups excluding tert-OH is 1. The number of aromatic nitrogens is 1. The zero-order chi connectivity index (χ0) is 23.6. The first-order valence-electron chi connectivity index (χ1n) is 10.5. The minimum absolute atomic E-state index is 0.132. The van der Waals surface area contributed by atoms with Gasteiger partial charge in [-0.2, -0.15) is 5.26 Å². The van der Waals surface area contributed by atoms with E-state index in [0.29, 0.717) is 32.4 Å². The van der Waals surface area contributed by atoms with Crippen LogP contribution < -0.4 is 0 Å². The molecule has 1 aromatic heterocycles. The SMILES string of the molecule is N#Cc1ccc(C(C(O)c2cccnc2-c2cc(Cl)cc(Cl)c2)N2CCC(F)(F)CC2)cc1. The van der Waals surface area contributed by atoms with Crippen LogP contribution in [0.2, 0.25) is 10.0 Å². The van der Waals surface area contributed by atoms with Gasteiger partial charge in [0, 0.05) is 53.3 Å². The van der Waals surface area contributed by atoms with E-state index in [1.165, 1.54) is 0 Å². The summed E-state index contributed by atoms with van der Waals surface area (Å²) in [5, 5.41) is 21.6. The third-order valence-electron chi connectivity index (χ3n) is 5.90. The molecule has 0 bridgehead atoms. The van der Waals surface area contributed by atoms with E-state index in [1.54, 1.807) is 60.8 Å². The van der Waals surface area contributed by atoms with Crippen molar-refractivity contribution in [1.82, 2.24) is 9.88 Å². The summed E-state index contributed by atoms with van der Waals surface area (Å²) < 4.78 is 27.7. The Morgan fingerprint density at radius 1 is 1.03 bits per heavy atom. The third-order valence-corrected chi connectivity index (χ3v) is 6.33. The van der Waals surface area contributed by atoms with E-state index in [9.17, 15) is 13.9 Å². The van der Waals surface area contributed by atoms with Crippen LogP contribution in [0.4, 0.5) is 8.78 Å². The van der Waals surface area contributed by atoms with Crippen LogP contribution in [0, 0.1) is 11.3 Å². The Morgan fingerprint density at radius 3 is 2.27 bits per heavy atom. The number of nitriles is 1. The number of rotatable bonds is 5. The van der Waals surface area contributed by atoms with Crippen LogP contribution in [-0.2, 0) is 0 Å². The lowest BCUT2D eigenvalue weighted by Crippen LogP contribution is -2.43. The highest BCUT2D eigenvalue weighted by Crippen LogP contribution is 2.41. The summed E-state index contributed by atoms with van der Waals surface area (Å²) in [7, 11) is 0. The zero-order valence-corrected chi connectivity index (χ0v) is 19.1. The van der Waals surface area contributed by atoms with Gasteiger partial charge in [0.25, 0.3) is 5.92 Å². The summed E-state index contributed by atoms with van der Waals surface area (Å²) in [5.41, 5.74) is 2.89. The van der Waals surface area contributed by atoms with Crippen LogP contribution in [0.1, 0.15) is 41.7 Å². The standard InChI is InChI=1S/C25H21Cl2F2N3O/c26-19-12-18(13-20(27)14-19)22-21(2-1-9-31-22)24(33)23(17-5-3-16(15-30)4-6-17)32-10-7-25(28,29)8-11-32/h1-6,9,12-14,23-24,33H,7-8,10-11H2. The average molecular weight is 488 g/mol. The van der Waals surface area contributed by atoms with Crippen LogP contribution in [0.25, 0.3) is 11.3 Å². The van der Waals surface area contributed by atoms with Gasteiger partial charge in [0.2, 0.25) is 0 Å². The molecule has 0 radical (unpaired) electrons. The summed E-state index contributed by atoms with van der Waals surface area (Å²) in [6.45, 7) is 0.265. The average Bonchev–Trinajstić information content (AvgIpc) is 2.80. The van der Waals surface area contributed by atoms with Crippen molar-refractivity contribution in [2.24, 2.45) is 0 Å². The first-order valence-corrected chi connectivity index (χ1v) is 11.2. The molecule has 4 nitrogen and oxygen atoms in total. The van der Waals surface area contributed by atoms with Gasteiger partial charge in [-0.05, 0) is 42.0 Å². The number of hydrogen-bond acceptors (Lipinski definition) is 4. The van der Waals surface area contributed by atoms with E-state index in [0.717, 1.165) is 5.56 Å². The van der Waals surface area contributed by atoms with Crippen LogP contribution in [0.15, 0.2) is 60.8 Å². The Morgan fingerprint density at radius 2 is 1.67 bits per heavy atom. The van der Waals surface area contributed by atoms with Crippen molar-refractivity contribution in [2.75, 3.05) is 13.1 Å². The first-order chi connectivity index (χ1) is 15.8. The number of likely N-dealkylation sites (tertiary alicyclic amines) is 1. The third kappa shape index (κ3) is 5.34. The molecule has 0 aliphatic carbocycles. The fourth-order valence-corrected chi connectivity index (χ4v) is 4.76. The second-order valence-corrected chi connectivity index (χ2v) is 8.99. The first kappa shape index (κ1) is 23.6. The summed E-state index contributed by atoms with van der Waals surface area (Å²) in [5.74, 6) is -2.71. The van der Waals surface area contributed by atoms with Gasteiger partial charge in [-0.25, -0.2) is 8.78 Å². The van der Waals surface area contributed by atoms with E-state index in [2.05, 4.69) is 11.1 Å². The maximum atomic E-state index is 13.9. The van der Waals surface area contributed by atoms with Gasteiger partial charge >= 0.3 is 0 Å². The second kappa shape index (κ2) is 9.74. The number of halogens is 4. The number of hydrogen-bond donors (Lipinski definition) is 1. The van der Waals surface area contributed by atoms with Crippen molar-refractivity contribution in [2.45, 2.75) is 30.9 Å². The lowest BCUT2D eigenvalue weighted by molar-refractivity contribution is -0.0766. The number of nitrogens with zero attached hydrogens (tertiary/aromatic N) is 3. The molecule has 1 fully saturated rings. The topological polar surface area (TPSA) is 60.1 Å². The number of aliphatic hydroxyl groups is 1. The molecule has 1 aliphatic rings. The highest BCUT2D eigenvalue weighted by molar-refractivity contribution is 6.35. The van der Waals surface area contributed by atoms with Gasteiger partial charge in [0.05, 0.1) is 23.4 Å². The van der Waals surface area contributed by atoms with E-state index in [4.69, 9.17) is 28.5 Å². The molecule has 1 aliphatic heterocycles. The highest BCUT2D eigenvalue weighted by Gasteiger charge is 2.39. The van der Waals surface area contributed by atoms with E-state index in [1.807, 2.05) is 4.90 Å². The van der Waals surface area contributed by atoms with Crippen molar-refractivity contribution in [1.29, 1.82) is 5.26 Å². The molecular weight excluding hydrogens is 467 g/mol. The molecule has 1 saturated heterocycles. The monoisotopic (exact) mass is 487 g/mol. The molecule has 3 aromatic rings. The van der Waals surface area contributed by atoms with Crippen molar-refractivity contribution in [3.63, 3.8) is 0 Å². The largest absolute Gasteiger partial charge is 0.386 e. The molecule has 2 atom stereocenters. The van der Waals surface area contributed by atoms with Gasteiger partial charge in [0.15, 0.2) is 0 Å². The van der Waals surface area contributed by atoms with Gasteiger partial charge in [-0.3, -0.25) is 9.88 Å². The second-order valence-electron chi connectivity index (χ2n) is 8.11. The van der Waals surface area contributed by atoms with Gasteiger partial charge in [-0.1, -0.05) is 41.4 Å². The lowest BCUT2D eigenvalue weighted by atomic mass is 9.90. The lowest BCUT2D eigenvalue weighted by Gasteiger charge is -2.40. The minimum Gasteiger partial charge on any atom is -0.386 e. The molecule has 33 heavy (non-hydrogen) atoms. The molecule has 1 N–H and O–H groups in total. The molecule has 0 spiro atoms. The number of piperidine rings is 1. The smallest absolute Gasteiger partial charge is 0.250 e. The van der Waals surface area contributed by atoms with Crippen molar-refractivity contribution in [3.05, 3.63) is 87.5 Å². The van der Waals surface area contributed by atoms with Crippen molar-refractivity contribution in [3.8, 4) is 17.3 Å². The van der Waals surface area contributed by atoms with Gasteiger partial charge < -0.3 is 5.11 Å². The Balaban J connectivity index is 1.77. The molecular formula is C25H21Cl2F2N3O. The summed E-state index contributed by atoms with van der Waals surface area (Å²) in [4.78, 5) is 6.33. The highest BCUT2D eigenvalue weighted by atomic mass is 35.5. The summed E-state index contributed by atoms with van der Waals surface area (Å²) in [6.07, 6.45) is -0.0309. The maximum Gasteiger partial charge on any atom is 0.250 e. The van der Waals surface area contributed by atoms with E-state index in [-0.39, 0.29) is 25.9 Å². The maximum absolute atomic E-state index is 13.9. The molecule has 8 heteroatoms. The molecule has 0 amide bonds. The van der Waals surface area contributed by atoms with Crippen molar-refractivity contribution >= 4 is 23.2 Å². The summed E-state index contributed by atoms with van der Waals surface area (Å²) in [6, 6.07) is 16.8. The van der Waals surface area contributed by atoms with E-state index >= 15 is 0 Å². The fourth-order valence-electron chi connectivity index (χ4n) is 4.24. The number of pyridine rings is 1. The molecule has 170 valence electrons. The van der Waals surface area contributed by atoms with Crippen LogP contribution >= 0.6 is 23.2 Å². The zero-order valence-electron chi connectivity index (χ0n) is 17.6. The van der Waals surface area contributed by atoms with Crippen LogP contribution in [-0.4, -0.2) is 34.0 Å². The van der Waals surface area contributed by atoms with Gasteiger partial charge in [-0.15, -0.1) is 0 Å². The molecule has 2 aromatic carbocycles. The predicted octanol–water partition coefficient (Wildman–Crippen LogP) is 6.43. The normalized spacial score (nSPS) is 17.8. The molecule has 2 heterocycles. The number of benzene rings is 2. The summed E-state index contributed by atoms with van der Waals surface area (Å²) >= 11 is 12.4. The van der Waals surface area contributed by atoms with Crippen LogP contribution in [0.5, 0.6) is 0 Å². The fraction of sp³-hybridized carbons (Fsp3) is 0.280. The van der Waals surface area contributed by atoms with Gasteiger partial charge in [0.1, 0.15) is 6.10 Å². The Labute approximate surface area is 201 Å². The molecule has 2 unspecified atom stereocenters. The minimum atomic E-state index is -2.71. The predicted molar refractivity (Wildman–Crippen MR) is 124 cm³/mol. The quantitative estimate of drug-likeness (QED) is 0.450. The number of alkyl halides is 2. The van der Waals surface area contributed by atoms with Crippen molar-refractivity contribution < 1.29 is 13.9 Å². The Bertz CT molecular complexity index is 1150. The Hall–Kier alpha value is -2.56. The van der Waals surface area contributed by atoms with E-state index < -0.39 is 18.1 Å².